The molecule has 1 aromatic carbocycles. The first-order chi connectivity index (χ1) is 9.02. The molecule has 0 saturated carbocycles. The van der Waals surface area contributed by atoms with Gasteiger partial charge in [0.05, 0.1) is 16.1 Å². The molecule has 1 aromatic heterocycles. The maximum atomic E-state index is 5.97. The second kappa shape index (κ2) is 6.07. The molecule has 0 bridgehead atoms. The molecule has 0 radical (unpaired) electrons. The van der Waals surface area contributed by atoms with Crippen LogP contribution < -0.4 is 17.0 Å². The number of nitrogens with zero attached hydrogens (tertiary/aromatic N) is 1. The predicted molar refractivity (Wildman–Crippen MR) is 82.0 cm³/mol. The number of nitrogen functional groups attached to an aromatic ring is 1. The lowest BCUT2D eigenvalue weighted by molar-refractivity contribution is 0.636. The molecule has 0 aliphatic carbocycles. The van der Waals surface area contributed by atoms with Crippen LogP contribution in [-0.4, -0.2) is 4.98 Å². The molecule has 7 heteroatoms. The van der Waals surface area contributed by atoms with Crippen LogP contribution in [0.15, 0.2) is 34.9 Å². The normalized spacial score (nSPS) is 12.4. The summed E-state index contributed by atoms with van der Waals surface area (Å²) in [5.41, 5.74) is 10.2. The number of hydrogen-bond donors (Lipinski definition) is 3. The standard InChI is InChI=1S/C12H11BrCl2N4/c13-9-3-6(1-2-10(9)15)11(19-17)8-4-7(14)5-18-12(8)16/h1-5,11,19H,17H2,(H2,16,18). The SMILES string of the molecule is NNC(c1ccc(Cl)c(Br)c1)c1cc(Cl)cnc1N. The fourth-order valence-corrected chi connectivity index (χ4v) is 2.43. The lowest BCUT2D eigenvalue weighted by Crippen LogP contribution is -2.29. The summed E-state index contributed by atoms with van der Waals surface area (Å²) >= 11 is 15.3. The van der Waals surface area contributed by atoms with Gasteiger partial charge in [-0.25, -0.2) is 10.4 Å². The highest BCUT2D eigenvalue weighted by Crippen LogP contribution is 2.31. The van der Waals surface area contributed by atoms with E-state index in [-0.39, 0.29) is 6.04 Å². The van der Waals surface area contributed by atoms with Gasteiger partial charge >= 0.3 is 0 Å². The van der Waals surface area contributed by atoms with Gasteiger partial charge in [0.2, 0.25) is 0 Å². The molecule has 0 aliphatic rings. The van der Waals surface area contributed by atoms with E-state index in [0.29, 0.717) is 21.4 Å². The van der Waals surface area contributed by atoms with Gasteiger partial charge in [0, 0.05) is 16.2 Å². The number of anilines is 1. The topological polar surface area (TPSA) is 77.0 Å². The molecule has 5 N–H and O–H groups in total. The summed E-state index contributed by atoms with van der Waals surface area (Å²) in [6.45, 7) is 0. The van der Waals surface area contributed by atoms with Crippen LogP contribution in [0.4, 0.5) is 5.82 Å². The van der Waals surface area contributed by atoms with Crippen LogP contribution >= 0.6 is 39.1 Å². The van der Waals surface area contributed by atoms with Gasteiger partial charge in [-0.3, -0.25) is 5.84 Å². The van der Waals surface area contributed by atoms with E-state index in [0.717, 1.165) is 10.0 Å². The van der Waals surface area contributed by atoms with Gasteiger partial charge in [0.25, 0.3) is 0 Å². The fourth-order valence-electron chi connectivity index (χ4n) is 1.75. The Labute approximate surface area is 129 Å². The van der Waals surface area contributed by atoms with Gasteiger partial charge in [-0.2, -0.15) is 0 Å². The van der Waals surface area contributed by atoms with Crippen LogP contribution in [0.2, 0.25) is 10.0 Å². The van der Waals surface area contributed by atoms with Crippen LogP contribution in [0.25, 0.3) is 0 Å². The fraction of sp³-hybridized carbons (Fsp3) is 0.0833. The van der Waals surface area contributed by atoms with E-state index in [1.807, 2.05) is 12.1 Å². The molecular weight excluding hydrogens is 351 g/mol. The Morgan fingerprint density at radius 1 is 1.26 bits per heavy atom. The van der Waals surface area contributed by atoms with Crippen LogP contribution in [0.5, 0.6) is 0 Å². The Hall–Kier alpha value is -0.850. The third kappa shape index (κ3) is 3.19. The van der Waals surface area contributed by atoms with Gasteiger partial charge in [0.1, 0.15) is 5.82 Å². The number of aromatic nitrogens is 1. The zero-order chi connectivity index (χ0) is 14.0. The van der Waals surface area contributed by atoms with Crippen molar-refractivity contribution in [1.29, 1.82) is 0 Å². The predicted octanol–water partition coefficient (Wildman–Crippen LogP) is 3.29. The minimum absolute atomic E-state index is 0.320. The number of pyridine rings is 1. The van der Waals surface area contributed by atoms with E-state index in [1.165, 1.54) is 6.20 Å². The van der Waals surface area contributed by atoms with Gasteiger partial charge in [-0.05, 0) is 39.7 Å². The number of nitrogens with two attached hydrogens (primary N) is 2. The Bertz CT molecular complexity index is 606. The minimum Gasteiger partial charge on any atom is -0.383 e. The molecule has 19 heavy (non-hydrogen) atoms. The van der Waals surface area contributed by atoms with E-state index in [4.69, 9.17) is 34.8 Å². The van der Waals surface area contributed by atoms with E-state index in [9.17, 15) is 0 Å². The van der Waals surface area contributed by atoms with Crippen molar-refractivity contribution in [2.75, 3.05) is 5.73 Å². The maximum absolute atomic E-state index is 5.97. The molecule has 1 atom stereocenters. The van der Waals surface area contributed by atoms with Crippen molar-refractivity contribution < 1.29 is 0 Å². The number of nitrogens with one attached hydrogen (secondary N) is 1. The number of benzene rings is 1. The molecule has 2 aromatic rings. The number of hydrogen-bond acceptors (Lipinski definition) is 4. The maximum Gasteiger partial charge on any atom is 0.128 e. The third-order valence-electron chi connectivity index (χ3n) is 2.67. The molecule has 0 saturated heterocycles. The van der Waals surface area contributed by atoms with E-state index >= 15 is 0 Å². The molecular formula is C12H11BrCl2N4. The molecule has 1 heterocycles. The van der Waals surface area contributed by atoms with Crippen molar-refractivity contribution in [3.63, 3.8) is 0 Å². The van der Waals surface area contributed by atoms with Crippen LogP contribution in [0, 0.1) is 0 Å². The number of halogens is 3. The highest BCUT2D eigenvalue weighted by Gasteiger charge is 2.17. The minimum atomic E-state index is -0.320. The van der Waals surface area contributed by atoms with Crippen LogP contribution in [0.3, 0.4) is 0 Å². The highest BCUT2D eigenvalue weighted by molar-refractivity contribution is 9.10. The molecule has 0 amide bonds. The summed E-state index contributed by atoms with van der Waals surface area (Å²) in [6.07, 6.45) is 1.49. The van der Waals surface area contributed by atoms with E-state index in [1.54, 1.807) is 12.1 Å². The average molecular weight is 362 g/mol. The van der Waals surface area contributed by atoms with Crippen molar-refractivity contribution >= 4 is 44.9 Å². The van der Waals surface area contributed by atoms with Crippen molar-refractivity contribution in [2.24, 2.45) is 5.84 Å². The summed E-state index contributed by atoms with van der Waals surface area (Å²) in [5, 5.41) is 1.12. The Morgan fingerprint density at radius 2 is 2.00 bits per heavy atom. The molecule has 0 spiro atoms. The van der Waals surface area contributed by atoms with Crippen LogP contribution in [0.1, 0.15) is 17.2 Å². The van der Waals surface area contributed by atoms with Gasteiger partial charge in [0.15, 0.2) is 0 Å². The first kappa shape index (κ1) is 14.6. The lowest BCUT2D eigenvalue weighted by atomic mass is 10.00. The van der Waals surface area contributed by atoms with Crippen LogP contribution in [-0.2, 0) is 0 Å². The van der Waals surface area contributed by atoms with E-state index in [2.05, 4.69) is 26.3 Å². The average Bonchev–Trinajstić information content (AvgIpc) is 2.38. The molecule has 1 unspecified atom stereocenters. The number of rotatable bonds is 3. The molecule has 4 nitrogen and oxygen atoms in total. The second-order valence-corrected chi connectivity index (χ2v) is 5.60. The first-order valence-corrected chi connectivity index (χ1v) is 6.90. The summed E-state index contributed by atoms with van der Waals surface area (Å²) in [6, 6.07) is 6.92. The molecule has 0 aliphatic heterocycles. The summed E-state index contributed by atoms with van der Waals surface area (Å²) < 4.78 is 0.778. The zero-order valence-electron chi connectivity index (χ0n) is 9.70. The van der Waals surface area contributed by atoms with Crippen molar-refractivity contribution in [3.8, 4) is 0 Å². The second-order valence-electron chi connectivity index (χ2n) is 3.90. The monoisotopic (exact) mass is 360 g/mol. The lowest BCUT2D eigenvalue weighted by Gasteiger charge is -2.19. The van der Waals surface area contributed by atoms with Crippen molar-refractivity contribution in [2.45, 2.75) is 6.04 Å². The van der Waals surface area contributed by atoms with Crippen molar-refractivity contribution in [1.82, 2.24) is 10.4 Å². The summed E-state index contributed by atoms with van der Waals surface area (Å²) in [4.78, 5) is 4.03. The number of hydrazine groups is 1. The highest BCUT2D eigenvalue weighted by atomic mass is 79.9. The Morgan fingerprint density at radius 3 is 2.63 bits per heavy atom. The van der Waals surface area contributed by atoms with Gasteiger partial charge < -0.3 is 5.73 Å². The summed E-state index contributed by atoms with van der Waals surface area (Å²) in [5.74, 6) is 5.99. The van der Waals surface area contributed by atoms with Crippen molar-refractivity contribution in [3.05, 3.63) is 56.1 Å². The molecule has 100 valence electrons. The molecule has 0 fully saturated rings. The smallest absolute Gasteiger partial charge is 0.128 e. The molecule has 2 rings (SSSR count). The Kier molecular flexibility index (Phi) is 4.65. The van der Waals surface area contributed by atoms with Gasteiger partial charge in [-0.1, -0.05) is 29.3 Å². The largest absolute Gasteiger partial charge is 0.383 e. The zero-order valence-corrected chi connectivity index (χ0v) is 12.8. The first-order valence-electron chi connectivity index (χ1n) is 5.35. The third-order valence-corrected chi connectivity index (χ3v) is 4.09. The summed E-state index contributed by atoms with van der Waals surface area (Å²) in [7, 11) is 0. The van der Waals surface area contributed by atoms with E-state index < -0.39 is 0 Å². The Balaban J connectivity index is 2.49. The van der Waals surface area contributed by atoms with Gasteiger partial charge in [-0.15, -0.1) is 0 Å². The quantitative estimate of drug-likeness (QED) is 0.579.